The van der Waals surface area contributed by atoms with Gasteiger partial charge < -0.3 is 5.32 Å². The lowest BCUT2D eigenvalue weighted by Crippen LogP contribution is -2.14. The molecule has 136 valence electrons. The Bertz CT molecular complexity index is 1040. The molecule has 27 heavy (non-hydrogen) atoms. The Morgan fingerprint density at radius 2 is 2.19 bits per heavy atom. The van der Waals surface area contributed by atoms with Crippen molar-refractivity contribution in [2.75, 3.05) is 5.32 Å². The maximum absolute atomic E-state index is 12.5. The predicted octanol–water partition coefficient (Wildman–Crippen LogP) is 5.11. The second-order valence-electron chi connectivity index (χ2n) is 6.77. The minimum Gasteiger partial charge on any atom is -0.316 e. The fraction of sp³-hybridized carbons (Fsp3) is 0.286. The summed E-state index contributed by atoms with van der Waals surface area (Å²) in [6.07, 6.45) is 4.45. The molecule has 1 N–H and O–H groups in total. The number of benzene rings is 1. The van der Waals surface area contributed by atoms with E-state index in [0.29, 0.717) is 10.6 Å². The number of nitrogens with one attached hydrogen (secondary N) is 1. The van der Waals surface area contributed by atoms with E-state index in [4.69, 9.17) is 0 Å². The van der Waals surface area contributed by atoms with E-state index in [1.165, 1.54) is 10.4 Å². The molecule has 3 aromatic rings. The minimum absolute atomic E-state index is 0.119. The predicted molar refractivity (Wildman–Crippen MR) is 110 cm³/mol. The van der Waals surface area contributed by atoms with Crippen molar-refractivity contribution in [1.29, 1.82) is 5.26 Å². The van der Waals surface area contributed by atoms with Crippen LogP contribution in [0.1, 0.15) is 40.1 Å². The average molecular weight is 394 g/mol. The van der Waals surface area contributed by atoms with Crippen LogP contribution in [0.4, 0.5) is 5.00 Å². The molecule has 1 aromatic carbocycles. The van der Waals surface area contributed by atoms with Crippen molar-refractivity contribution < 1.29 is 4.79 Å². The molecule has 2 heterocycles. The first-order valence-electron chi connectivity index (χ1n) is 9.00. The second-order valence-corrected chi connectivity index (χ2v) is 8.73. The van der Waals surface area contributed by atoms with Gasteiger partial charge in [-0.05, 0) is 44.2 Å². The first kappa shape index (κ1) is 17.9. The molecule has 0 unspecified atom stereocenters. The third-order valence-corrected chi connectivity index (χ3v) is 6.84. The summed E-state index contributed by atoms with van der Waals surface area (Å²) < 4.78 is 0. The van der Waals surface area contributed by atoms with Crippen molar-refractivity contribution >= 4 is 33.6 Å². The average Bonchev–Trinajstić information content (AvgIpc) is 3.25. The summed E-state index contributed by atoms with van der Waals surface area (Å²) in [4.78, 5) is 18.4. The molecule has 2 aromatic heterocycles. The standard InChI is InChI=1S/C21H19N3OS2/c1-13-5-4-6-14(9-13)20-23-15(12-26-20)10-19(25)24-21-17(11-22)16-7-2-3-8-18(16)27-21/h4-6,9,12H,2-3,7-8,10H2,1H3,(H,24,25). The molecule has 0 fully saturated rings. The number of amides is 1. The van der Waals surface area contributed by atoms with E-state index < -0.39 is 0 Å². The van der Waals surface area contributed by atoms with Gasteiger partial charge in [0.1, 0.15) is 16.1 Å². The largest absolute Gasteiger partial charge is 0.316 e. The number of thiophene rings is 1. The Balaban J connectivity index is 1.48. The number of carbonyl (C=O) groups excluding carboxylic acids is 1. The zero-order valence-corrected chi connectivity index (χ0v) is 16.7. The van der Waals surface area contributed by atoms with Gasteiger partial charge in [0.2, 0.25) is 5.91 Å². The molecule has 0 bridgehead atoms. The number of nitrogens with zero attached hydrogens (tertiary/aromatic N) is 2. The van der Waals surface area contributed by atoms with Gasteiger partial charge in [0.15, 0.2) is 0 Å². The Morgan fingerprint density at radius 1 is 1.33 bits per heavy atom. The number of hydrogen-bond donors (Lipinski definition) is 1. The maximum atomic E-state index is 12.5. The summed E-state index contributed by atoms with van der Waals surface area (Å²) in [6, 6.07) is 10.5. The lowest BCUT2D eigenvalue weighted by molar-refractivity contribution is -0.115. The fourth-order valence-corrected chi connectivity index (χ4v) is 5.48. The molecule has 1 aliphatic rings. The minimum atomic E-state index is -0.119. The summed E-state index contributed by atoms with van der Waals surface area (Å²) in [6.45, 7) is 2.05. The van der Waals surface area contributed by atoms with Crippen molar-refractivity contribution in [3.63, 3.8) is 0 Å². The summed E-state index contributed by atoms with van der Waals surface area (Å²) in [5, 5.41) is 16.0. The maximum Gasteiger partial charge on any atom is 0.231 e. The lowest BCUT2D eigenvalue weighted by atomic mass is 9.96. The second kappa shape index (κ2) is 7.63. The lowest BCUT2D eigenvalue weighted by Gasteiger charge is -2.09. The molecule has 0 saturated heterocycles. The van der Waals surface area contributed by atoms with E-state index in [0.717, 1.165) is 47.5 Å². The number of thiazole rings is 1. The van der Waals surface area contributed by atoms with Crippen LogP contribution in [0.15, 0.2) is 29.6 Å². The van der Waals surface area contributed by atoms with Gasteiger partial charge in [-0.3, -0.25) is 4.79 Å². The number of carbonyl (C=O) groups is 1. The van der Waals surface area contributed by atoms with Crippen LogP contribution < -0.4 is 5.32 Å². The molecule has 0 aliphatic heterocycles. The van der Waals surface area contributed by atoms with E-state index >= 15 is 0 Å². The van der Waals surface area contributed by atoms with Crippen molar-refractivity contribution in [3.05, 3.63) is 56.9 Å². The van der Waals surface area contributed by atoms with Crippen LogP contribution in [0.3, 0.4) is 0 Å². The van der Waals surface area contributed by atoms with Crippen LogP contribution in [0.5, 0.6) is 0 Å². The zero-order valence-electron chi connectivity index (χ0n) is 15.0. The van der Waals surface area contributed by atoms with Crippen molar-refractivity contribution in [3.8, 4) is 16.6 Å². The Hall–Kier alpha value is -2.49. The number of fused-ring (bicyclic) bond motifs is 1. The zero-order chi connectivity index (χ0) is 18.8. The monoisotopic (exact) mass is 393 g/mol. The van der Waals surface area contributed by atoms with E-state index in [1.54, 1.807) is 22.7 Å². The molecule has 0 atom stereocenters. The first-order chi connectivity index (χ1) is 13.1. The molecular weight excluding hydrogens is 374 g/mol. The molecule has 4 rings (SSSR count). The molecular formula is C21H19N3OS2. The summed E-state index contributed by atoms with van der Waals surface area (Å²) in [5.74, 6) is -0.119. The smallest absolute Gasteiger partial charge is 0.231 e. The van der Waals surface area contributed by atoms with Crippen LogP contribution in [0.2, 0.25) is 0 Å². The molecule has 6 heteroatoms. The number of hydrogen-bond acceptors (Lipinski definition) is 5. The third-order valence-electron chi connectivity index (χ3n) is 4.69. The Kier molecular flexibility index (Phi) is 5.06. The molecule has 0 saturated carbocycles. The van der Waals surface area contributed by atoms with Crippen LogP contribution in [-0.2, 0) is 24.1 Å². The third kappa shape index (κ3) is 3.80. The fourth-order valence-electron chi connectivity index (χ4n) is 3.41. The van der Waals surface area contributed by atoms with Gasteiger partial charge in [-0.15, -0.1) is 22.7 Å². The number of aromatic nitrogens is 1. The number of aryl methyl sites for hydroxylation is 2. The summed E-state index contributed by atoms with van der Waals surface area (Å²) in [7, 11) is 0. The molecule has 0 spiro atoms. The highest BCUT2D eigenvalue weighted by Crippen LogP contribution is 2.37. The Morgan fingerprint density at radius 3 is 3.00 bits per heavy atom. The molecule has 1 amide bonds. The number of anilines is 1. The summed E-state index contributed by atoms with van der Waals surface area (Å²) in [5.41, 5.74) is 4.81. The van der Waals surface area contributed by atoms with Gasteiger partial charge in [-0.1, -0.05) is 23.8 Å². The molecule has 0 radical (unpaired) electrons. The number of rotatable bonds is 4. The molecule has 4 nitrogen and oxygen atoms in total. The van der Waals surface area contributed by atoms with Gasteiger partial charge in [-0.25, -0.2) is 4.98 Å². The van der Waals surface area contributed by atoms with E-state index in [9.17, 15) is 10.1 Å². The highest BCUT2D eigenvalue weighted by atomic mass is 32.1. The highest BCUT2D eigenvalue weighted by molar-refractivity contribution is 7.16. The van der Waals surface area contributed by atoms with Crippen LogP contribution >= 0.6 is 22.7 Å². The van der Waals surface area contributed by atoms with Crippen molar-refractivity contribution in [1.82, 2.24) is 4.98 Å². The quantitative estimate of drug-likeness (QED) is 0.670. The topological polar surface area (TPSA) is 65.8 Å². The van der Waals surface area contributed by atoms with Gasteiger partial charge >= 0.3 is 0 Å². The normalized spacial score (nSPS) is 13.0. The van der Waals surface area contributed by atoms with E-state index in [1.807, 2.05) is 17.5 Å². The van der Waals surface area contributed by atoms with Gasteiger partial charge in [0, 0.05) is 15.8 Å². The van der Waals surface area contributed by atoms with Crippen molar-refractivity contribution in [2.45, 2.75) is 39.0 Å². The Labute approximate surface area is 166 Å². The van der Waals surface area contributed by atoms with Gasteiger partial charge in [-0.2, -0.15) is 5.26 Å². The first-order valence-corrected chi connectivity index (χ1v) is 10.7. The van der Waals surface area contributed by atoms with E-state index in [2.05, 4.69) is 35.4 Å². The van der Waals surface area contributed by atoms with Crippen LogP contribution in [0.25, 0.3) is 10.6 Å². The SMILES string of the molecule is Cc1cccc(-c2nc(CC(=O)Nc3sc4c(c3C#N)CCCC4)cs2)c1. The summed E-state index contributed by atoms with van der Waals surface area (Å²) >= 11 is 3.11. The van der Waals surface area contributed by atoms with Crippen LogP contribution in [0, 0.1) is 18.3 Å². The van der Waals surface area contributed by atoms with Crippen molar-refractivity contribution in [2.24, 2.45) is 0 Å². The number of nitriles is 1. The van der Waals surface area contributed by atoms with Crippen LogP contribution in [-0.4, -0.2) is 10.9 Å². The van der Waals surface area contributed by atoms with Gasteiger partial charge in [0.05, 0.1) is 17.7 Å². The van der Waals surface area contributed by atoms with E-state index in [-0.39, 0.29) is 12.3 Å². The van der Waals surface area contributed by atoms with Gasteiger partial charge in [0.25, 0.3) is 0 Å². The highest BCUT2D eigenvalue weighted by Gasteiger charge is 2.22. The molecule has 1 aliphatic carbocycles.